The van der Waals surface area contributed by atoms with Crippen molar-refractivity contribution in [2.75, 3.05) is 0 Å². The third kappa shape index (κ3) is 9.70. The van der Waals surface area contributed by atoms with Crippen molar-refractivity contribution in [3.63, 3.8) is 0 Å². The van der Waals surface area contributed by atoms with Gasteiger partial charge in [-0.1, -0.05) is 44.1 Å². The molecule has 0 saturated carbocycles. The smallest absolute Gasteiger partial charge is 0.202 e. The van der Waals surface area contributed by atoms with E-state index in [0.29, 0.717) is 12.3 Å². The summed E-state index contributed by atoms with van der Waals surface area (Å²) in [5.41, 5.74) is 1.14. The van der Waals surface area contributed by atoms with E-state index in [0.717, 1.165) is 12.0 Å². The zero-order valence-corrected chi connectivity index (χ0v) is 11.0. The summed E-state index contributed by atoms with van der Waals surface area (Å²) < 4.78 is 0. The third-order valence-electron chi connectivity index (χ3n) is 2.78. The van der Waals surface area contributed by atoms with E-state index in [9.17, 15) is 4.79 Å². The summed E-state index contributed by atoms with van der Waals surface area (Å²) in [7, 11) is 0. The third-order valence-corrected chi connectivity index (χ3v) is 2.78. The molecule has 0 heterocycles. The Kier molecular flexibility index (Phi) is 10.1. The van der Waals surface area contributed by atoms with Gasteiger partial charge in [0.05, 0.1) is 0 Å². The highest BCUT2D eigenvalue weighted by atomic mass is 16.1. The minimum Gasteiger partial charge on any atom is -0.291 e. The number of allylic oxidation sites excluding steroid dienone is 4. The second-order valence-corrected chi connectivity index (χ2v) is 4.47. The number of carbonyl (C=O) groups excluding carboxylic acids is 1. The highest BCUT2D eigenvalue weighted by Crippen LogP contribution is 2.08. The maximum absolute atomic E-state index is 10.1. The van der Waals surface area contributed by atoms with E-state index in [1.54, 1.807) is 0 Å². The van der Waals surface area contributed by atoms with Gasteiger partial charge in [-0.15, -0.1) is 0 Å². The quantitative estimate of drug-likeness (QED) is 0.411. The lowest BCUT2D eigenvalue weighted by Crippen LogP contribution is -1.84. The molecule has 0 amide bonds. The summed E-state index contributed by atoms with van der Waals surface area (Å²) in [6.07, 6.45) is 15.1. The van der Waals surface area contributed by atoms with E-state index >= 15 is 0 Å². The standard InChI is InChI=1S/C15H25O/c1-4-14(2)10-8-6-5-7-9-11-15(3)12-13-16/h8,10-11,14H,4-7,9,12H2,1-3H3/b10-8+,15-11+. The van der Waals surface area contributed by atoms with Crippen molar-refractivity contribution in [3.8, 4) is 0 Å². The van der Waals surface area contributed by atoms with Crippen LogP contribution in [0.3, 0.4) is 0 Å². The van der Waals surface area contributed by atoms with E-state index in [2.05, 4.69) is 32.1 Å². The first kappa shape index (κ1) is 15.2. The Balaban J connectivity index is 3.43. The molecule has 0 spiro atoms. The molecule has 0 aromatic carbocycles. The molecule has 0 aromatic rings. The maximum Gasteiger partial charge on any atom is 0.202 e. The zero-order chi connectivity index (χ0) is 12.2. The molecular formula is C15H25O. The van der Waals surface area contributed by atoms with E-state index in [4.69, 9.17) is 0 Å². The van der Waals surface area contributed by atoms with Gasteiger partial charge < -0.3 is 0 Å². The molecule has 0 aliphatic carbocycles. The Labute approximate surface area is 101 Å². The van der Waals surface area contributed by atoms with Gasteiger partial charge in [0.15, 0.2) is 0 Å². The second-order valence-electron chi connectivity index (χ2n) is 4.47. The molecule has 1 nitrogen and oxygen atoms in total. The minimum atomic E-state index is 0.466. The first-order valence-electron chi connectivity index (χ1n) is 6.38. The van der Waals surface area contributed by atoms with Crippen LogP contribution in [0.5, 0.6) is 0 Å². The molecule has 0 aliphatic heterocycles. The van der Waals surface area contributed by atoms with Gasteiger partial charge in [-0.25, -0.2) is 0 Å². The summed E-state index contributed by atoms with van der Waals surface area (Å²) in [6.45, 7) is 6.46. The van der Waals surface area contributed by atoms with Crippen molar-refractivity contribution in [2.45, 2.75) is 59.3 Å². The van der Waals surface area contributed by atoms with Crippen LogP contribution in [0.2, 0.25) is 0 Å². The Hall–Kier alpha value is -0.850. The van der Waals surface area contributed by atoms with Gasteiger partial charge in [0, 0.05) is 6.42 Å². The van der Waals surface area contributed by atoms with Crippen LogP contribution >= 0.6 is 0 Å². The molecule has 1 radical (unpaired) electrons. The Morgan fingerprint density at radius 3 is 2.62 bits per heavy atom. The summed E-state index contributed by atoms with van der Waals surface area (Å²) in [5.74, 6) is 0.713. The highest BCUT2D eigenvalue weighted by Gasteiger charge is 1.91. The van der Waals surface area contributed by atoms with Crippen LogP contribution in [0.1, 0.15) is 59.3 Å². The first-order chi connectivity index (χ1) is 7.70. The van der Waals surface area contributed by atoms with Crippen LogP contribution in [-0.4, -0.2) is 6.29 Å². The molecule has 0 aliphatic rings. The molecule has 0 fully saturated rings. The van der Waals surface area contributed by atoms with Crippen molar-refractivity contribution < 1.29 is 4.79 Å². The molecule has 0 rings (SSSR count). The second kappa shape index (κ2) is 10.7. The summed E-state index contributed by atoms with van der Waals surface area (Å²) in [6, 6.07) is 0. The number of rotatable bonds is 9. The van der Waals surface area contributed by atoms with Crippen LogP contribution in [-0.2, 0) is 4.79 Å². The van der Waals surface area contributed by atoms with Gasteiger partial charge >= 0.3 is 0 Å². The van der Waals surface area contributed by atoms with Crippen molar-refractivity contribution in [1.29, 1.82) is 0 Å². The monoisotopic (exact) mass is 221 g/mol. The van der Waals surface area contributed by atoms with Gasteiger partial charge in [-0.2, -0.15) is 0 Å². The predicted molar refractivity (Wildman–Crippen MR) is 71.1 cm³/mol. The number of hydrogen-bond acceptors (Lipinski definition) is 1. The van der Waals surface area contributed by atoms with Crippen molar-refractivity contribution >= 4 is 6.29 Å². The van der Waals surface area contributed by atoms with Gasteiger partial charge in [0.25, 0.3) is 0 Å². The Morgan fingerprint density at radius 2 is 2.00 bits per heavy atom. The topological polar surface area (TPSA) is 17.1 Å². The van der Waals surface area contributed by atoms with Gasteiger partial charge in [0.2, 0.25) is 6.29 Å². The zero-order valence-electron chi connectivity index (χ0n) is 11.0. The fraction of sp³-hybridized carbons (Fsp3) is 0.667. The van der Waals surface area contributed by atoms with E-state index < -0.39 is 0 Å². The fourth-order valence-electron chi connectivity index (χ4n) is 1.41. The summed E-state index contributed by atoms with van der Waals surface area (Å²) in [4.78, 5) is 10.1. The number of unbranched alkanes of at least 4 members (excludes halogenated alkanes) is 3. The highest BCUT2D eigenvalue weighted by molar-refractivity contribution is 5.54. The van der Waals surface area contributed by atoms with E-state index in [1.165, 1.54) is 25.7 Å². The van der Waals surface area contributed by atoms with E-state index in [-0.39, 0.29) is 0 Å². The van der Waals surface area contributed by atoms with Crippen molar-refractivity contribution in [3.05, 3.63) is 23.8 Å². The van der Waals surface area contributed by atoms with Crippen LogP contribution in [0.4, 0.5) is 0 Å². The maximum atomic E-state index is 10.1. The van der Waals surface area contributed by atoms with Crippen molar-refractivity contribution in [1.82, 2.24) is 0 Å². The lowest BCUT2D eigenvalue weighted by atomic mass is 10.1. The van der Waals surface area contributed by atoms with Crippen LogP contribution < -0.4 is 0 Å². The lowest BCUT2D eigenvalue weighted by Gasteiger charge is -1.99. The molecule has 0 saturated heterocycles. The minimum absolute atomic E-state index is 0.466. The van der Waals surface area contributed by atoms with E-state index in [1.807, 2.05) is 13.2 Å². The molecule has 91 valence electrons. The molecule has 0 aromatic heterocycles. The number of hydrogen-bond donors (Lipinski definition) is 0. The molecule has 16 heavy (non-hydrogen) atoms. The largest absolute Gasteiger partial charge is 0.291 e. The van der Waals surface area contributed by atoms with Crippen molar-refractivity contribution in [2.24, 2.45) is 5.92 Å². The van der Waals surface area contributed by atoms with Gasteiger partial charge in [-0.3, -0.25) is 4.79 Å². The first-order valence-corrected chi connectivity index (χ1v) is 6.38. The normalized spacial score (nSPS) is 14.3. The van der Waals surface area contributed by atoms with Crippen LogP contribution in [0.25, 0.3) is 0 Å². The SMILES string of the molecule is CCC(C)/C=C/CCCC/C=C(\C)C[C]=O. The Bertz CT molecular complexity index is 226. The van der Waals surface area contributed by atoms with Gasteiger partial charge in [-0.05, 0) is 38.5 Å². The summed E-state index contributed by atoms with van der Waals surface area (Å²) in [5, 5.41) is 0. The lowest BCUT2D eigenvalue weighted by molar-refractivity contribution is 0.555. The average molecular weight is 221 g/mol. The van der Waals surface area contributed by atoms with Crippen LogP contribution in [0.15, 0.2) is 23.8 Å². The summed E-state index contributed by atoms with van der Waals surface area (Å²) >= 11 is 0. The molecular weight excluding hydrogens is 196 g/mol. The molecule has 1 atom stereocenters. The molecule has 1 heteroatoms. The van der Waals surface area contributed by atoms with Crippen LogP contribution in [0, 0.1) is 5.92 Å². The fourth-order valence-corrected chi connectivity index (χ4v) is 1.41. The average Bonchev–Trinajstić information content (AvgIpc) is 2.27. The predicted octanol–water partition coefficient (Wildman–Crippen LogP) is 4.60. The van der Waals surface area contributed by atoms with Gasteiger partial charge in [0.1, 0.15) is 0 Å². The Morgan fingerprint density at radius 1 is 1.31 bits per heavy atom. The molecule has 0 bridgehead atoms. The molecule has 1 unspecified atom stereocenters. The molecule has 0 N–H and O–H groups in total.